The number of phenolic OH excluding ortho intramolecular Hbond substituents is 1. The van der Waals surface area contributed by atoms with Crippen LogP contribution in [0.15, 0.2) is 18.2 Å². The second-order valence-corrected chi connectivity index (χ2v) is 6.32. The van der Waals surface area contributed by atoms with Gasteiger partial charge < -0.3 is 10.4 Å². The Kier molecular flexibility index (Phi) is 3.80. The largest absolute Gasteiger partial charge is 0.508 e. The number of sulfone groups is 1. The number of aryl methyl sites for hydroxylation is 1. The predicted octanol–water partition coefficient (Wildman–Crippen LogP) is 1.55. The van der Waals surface area contributed by atoms with E-state index < -0.39 is 9.84 Å². The van der Waals surface area contributed by atoms with Crippen molar-refractivity contribution in [2.45, 2.75) is 19.9 Å². The Labute approximate surface area is 96.2 Å². The summed E-state index contributed by atoms with van der Waals surface area (Å²) in [6.45, 7) is 3.67. The van der Waals surface area contributed by atoms with Crippen LogP contribution < -0.4 is 5.32 Å². The Hall–Kier alpha value is -1.23. The topological polar surface area (TPSA) is 66.4 Å². The van der Waals surface area contributed by atoms with Crippen molar-refractivity contribution in [2.24, 2.45) is 0 Å². The van der Waals surface area contributed by atoms with E-state index in [9.17, 15) is 13.5 Å². The molecule has 0 aliphatic carbocycles. The molecular formula is C11H17NO3S. The summed E-state index contributed by atoms with van der Waals surface area (Å²) in [5, 5.41) is 12.3. The number of hydrogen-bond acceptors (Lipinski definition) is 4. The lowest BCUT2D eigenvalue weighted by molar-refractivity contribution is 0.475. The smallest absolute Gasteiger partial charge is 0.149 e. The van der Waals surface area contributed by atoms with E-state index in [1.54, 1.807) is 18.2 Å². The highest BCUT2D eigenvalue weighted by Gasteiger charge is 2.11. The molecule has 0 spiro atoms. The van der Waals surface area contributed by atoms with Gasteiger partial charge in [0.25, 0.3) is 0 Å². The van der Waals surface area contributed by atoms with Gasteiger partial charge in [-0.1, -0.05) is 0 Å². The summed E-state index contributed by atoms with van der Waals surface area (Å²) in [6, 6.07) is 4.79. The first-order valence-electron chi connectivity index (χ1n) is 5.02. The molecule has 1 unspecified atom stereocenters. The molecule has 1 atom stereocenters. The van der Waals surface area contributed by atoms with Crippen molar-refractivity contribution < 1.29 is 13.5 Å². The highest BCUT2D eigenvalue weighted by Crippen LogP contribution is 2.20. The Morgan fingerprint density at radius 1 is 1.44 bits per heavy atom. The summed E-state index contributed by atoms with van der Waals surface area (Å²) >= 11 is 0. The van der Waals surface area contributed by atoms with Gasteiger partial charge in [0.1, 0.15) is 15.6 Å². The standard InChI is InChI=1S/C11H17NO3S/c1-8-6-10(13)4-5-11(8)12-9(2)7-16(3,14)15/h4-6,9,12-13H,7H2,1-3H3. The van der Waals surface area contributed by atoms with Crippen LogP contribution in [0.5, 0.6) is 5.75 Å². The van der Waals surface area contributed by atoms with Crippen molar-refractivity contribution in [3.63, 3.8) is 0 Å². The Morgan fingerprint density at radius 3 is 2.56 bits per heavy atom. The highest BCUT2D eigenvalue weighted by atomic mass is 32.2. The Morgan fingerprint density at radius 2 is 2.06 bits per heavy atom. The van der Waals surface area contributed by atoms with E-state index >= 15 is 0 Å². The van der Waals surface area contributed by atoms with Gasteiger partial charge in [-0.3, -0.25) is 0 Å². The molecule has 0 aromatic heterocycles. The van der Waals surface area contributed by atoms with E-state index in [0.29, 0.717) is 0 Å². The molecule has 0 saturated heterocycles. The lowest BCUT2D eigenvalue weighted by Gasteiger charge is -2.16. The monoisotopic (exact) mass is 243 g/mol. The number of anilines is 1. The van der Waals surface area contributed by atoms with Crippen LogP contribution in [0.1, 0.15) is 12.5 Å². The fourth-order valence-corrected chi connectivity index (χ4v) is 2.56. The number of rotatable bonds is 4. The van der Waals surface area contributed by atoms with Crippen LogP contribution in [0.25, 0.3) is 0 Å². The van der Waals surface area contributed by atoms with Crippen LogP contribution in [0.2, 0.25) is 0 Å². The van der Waals surface area contributed by atoms with Gasteiger partial charge in [0.2, 0.25) is 0 Å². The van der Waals surface area contributed by atoms with Gasteiger partial charge in [-0.2, -0.15) is 0 Å². The molecule has 0 fully saturated rings. The van der Waals surface area contributed by atoms with Crippen LogP contribution in [0.3, 0.4) is 0 Å². The summed E-state index contributed by atoms with van der Waals surface area (Å²) in [5.74, 6) is 0.298. The quantitative estimate of drug-likeness (QED) is 0.787. The van der Waals surface area contributed by atoms with Crippen molar-refractivity contribution in [1.29, 1.82) is 0 Å². The normalized spacial score (nSPS) is 13.4. The van der Waals surface area contributed by atoms with Gasteiger partial charge in [-0.25, -0.2) is 8.42 Å². The maximum absolute atomic E-state index is 11.1. The van der Waals surface area contributed by atoms with Crippen LogP contribution in [0.4, 0.5) is 5.69 Å². The third kappa shape index (κ3) is 4.10. The third-order valence-corrected chi connectivity index (χ3v) is 3.27. The zero-order valence-corrected chi connectivity index (χ0v) is 10.5. The average molecular weight is 243 g/mol. The molecule has 16 heavy (non-hydrogen) atoms. The van der Waals surface area contributed by atoms with Crippen molar-refractivity contribution in [2.75, 3.05) is 17.3 Å². The average Bonchev–Trinajstić information content (AvgIpc) is 2.06. The zero-order chi connectivity index (χ0) is 12.3. The summed E-state index contributed by atoms with van der Waals surface area (Å²) in [5.41, 5.74) is 1.73. The van der Waals surface area contributed by atoms with Crippen molar-refractivity contribution in [1.82, 2.24) is 0 Å². The Balaban J connectivity index is 2.73. The lowest BCUT2D eigenvalue weighted by atomic mass is 10.2. The summed E-state index contributed by atoms with van der Waals surface area (Å²) in [7, 11) is -2.98. The second-order valence-electron chi connectivity index (χ2n) is 4.14. The fraction of sp³-hybridized carbons (Fsp3) is 0.455. The van der Waals surface area contributed by atoms with Crippen LogP contribution in [0, 0.1) is 6.92 Å². The second kappa shape index (κ2) is 4.74. The summed E-state index contributed by atoms with van der Waals surface area (Å²) in [4.78, 5) is 0. The van der Waals surface area contributed by atoms with Crippen LogP contribution >= 0.6 is 0 Å². The van der Waals surface area contributed by atoms with Gasteiger partial charge in [0, 0.05) is 18.0 Å². The Bertz CT molecular complexity index is 468. The summed E-state index contributed by atoms with van der Waals surface area (Å²) in [6.07, 6.45) is 1.22. The SMILES string of the molecule is Cc1cc(O)ccc1NC(C)CS(C)(=O)=O. The first-order valence-corrected chi connectivity index (χ1v) is 7.08. The summed E-state index contributed by atoms with van der Waals surface area (Å²) < 4.78 is 22.2. The van der Waals surface area contributed by atoms with E-state index in [1.807, 2.05) is 13.8 Å². The van der Waals surface area contributed by atoms with E-state index in [4.69, 9.17) is 0 Å². The highest BCUT2D eigenvalue weighted by molar-refractivity contribution is 7.90. The molecule has 0 bridgehead atoms. The molecule has 0 heterocycles. The number of benzene rings is 1. The number of phenols is 1. The minimum Gasteiger partial charge on any atom is -0.508 e. The molecule has 5 heteroatoms. The van der Waals surface area contributed by atoms with Gasteiger partial charge in [0.05, 0.1) is 5.75 Å². The van der Waals surface area contributed by atoms with Gasteiger partial charge >= 0.3 is 0 Å². The third-order valence-electron chi connectivity index (χ3n) is 2.16. The molecule has 1 aromatic rings. The minimum atomic E-state index is -2.98. The molecule has 4 nitrogen and oxygen atoms in total. The minimum absolute atomic E-state index is 0.0906. The van der Waals surface area contributed by atoms with E-state index in [0.717, 1.165) is 11.3 Å². The molecular weight excluding hydrogens is 226 g/mol. The first kappa shape index (κ1) is 12.8. The number of aromatic hydroxyl groups is 1. The maximum atomic E-state index is 11.1. The molecule has 0 radical (unpaired) electrons. The van der Waals surface area contributed by atoms with Crippen molar-refractivity contribution in [3.8, 4) is 5.75 Å². The molecule has 0 saturated carbocycles. The van der Waals surface area contributed by atoms with E-state index in [1.165, 1.54) is 6.26 Å². The van der Waals surface area contributed by atoms with Crippen LogP contribution in [-0.2, 0) is 9.84 Å². The van der Waals surface area contributed by atoms with Gasteiger partial charge in [0.15, 0.2) is 0 Å². The molecule has 0 aliphatic rings. The molecule has 0 aliphatic heterocycles. The molecule has 2 N–H and O–H groups in total. The van der Waals surface area contributed by atoms with E-state index in [-0.39, 0.29) is 17.5 Å². The first-order chi connectivity index (χ1) is 7.28. The fourth-order valence-electron chi connectivity index (χ4n) is 1.57. The molecule has 1 rings (SSSR count). The van der Waals surface area contributed by atoms with E-state index in [2.05, 4.69) is 5.32 Å². The number of nitrogens with one attached hydrogen (secondary N) is 1. The maximum Gasteiger partial charge on any atom is 0.149 e. The van der Waals surface area contributed by atoms with Gasteiger partial charge in [-0.15, -0.1) is 0 Å². The lowest BCUT2D eigenvalue weighted by Crippen LogP contribution is -2.25. The zero-order valence-electron chi connectivity index (χ0n) is 9.69. The van der Waals surface area contributed by atoms with Crippen molar-refractivity contribution in [3.05, 3.63) is 23.8 Å². The molecule has 1 aromatic carbocycles. The molecule has 0 amide bonds. The van der Waals surface area contributed by atoms with Gasteiger partial charge in [-0.05, 0) is 37.6 Å². The number of hydrogen-bond donors (Lipinski definition) is 2. The predicted molar refractivity (Wildman–Crippen MR) is 65.6 cm³/mol. The molecule has 90 valence electrons. The van der Waals surface area contributed by atoms with Crippen molar-refractivity contribution >= 4 is 15.5 Å². The van der Waals surface area contributed by atoms with Crippen LogP contribution in [-0.4, -0.2) is 31.6 Å².